The Morgan fingerprint density at radius 3 is 2.20 bits per heavy atom. The van der Waals surface area contributed by atoms with Crippen LogP contribution < -0.4 is 12.4 Å². The average Bonchev–Trinajstić information content (AvgIpc) is 2.12. The van der Waals surface area contributed by atoms with Crippen LogP contribution in [0.5, 0.6) is 0 Å². The Hall–Kier alpha value is -0.190. The van der Waals surface area contributed by atoms with Gasteiger partial charge in [0.25, 0.3) is 0 Å². The second-order valence-corrected chi connectivity index (χ2v) is 5.62. The van der Waals surface area contributed by atoms with E-state index in [9.17, 15) is 4.79 Å². The highest BCUT2D eigenvalue weighted by Gasteiger charge is 2.50. The van der Waals surface area contributed by atoms with Gasteiger partial charge in [0, 0.05) is 11.8 Å². The molecule has 15 heavy (non-hydrogen) atoms. The minimum Gasteiger partial charge on any atom is -1.00 e. The summed E-state index contributed by atoms with van der Waals surface area (Å²) in [6, 6.07) is 0. The lowest BCUT2D eigenvalue weighted by atomic mass is 9.98. The topological polar surface area (TPSA) is 29.5 Å². The van der Waals surface area contributed by atoms with Crippen LogP contribution in [0.2, 0.25) is 0 Å². The van der Waals surface area contributed by atoms with E-state index in [0.717, 1.165) is 15.4 Å². The van der Waals surface area contributed by atoms with Crippen molar-refractivity contribution in [1.82, 2.24) is 4.42 Å². The SMILES string of the molecule is CC1(C)C(C[N+](C)(C)C)OC(=O)N1Cl.[Cl-]. The molecule has 0 radical (unpaired) electrons. The molecule has 1 aliphatic rings. The molecule has 1 aliphatic heterocycles. The first-order valence-electron chi connectivity index (χ1n) is 4.61. The molecule has 0 saturated carbocycles. The summed E-state index contributed by atoms with van der Waals surface area (Å²) in [6.07, 6.45) is -0.609. The van der Waals surface area contributed by atoms with Gasteiger partial charge in [-0.15, -0.1) is 0 Å². The van der Waals surface area contributed by atoms with Crippen molar-refractivity contribution in [3.05, 3.63) is 0 Å². The molecule has 1 unspecified atom stereocenters. The van der Waals surface area contributed by atoms with E-state index < -0.39 is 11.6 Å². The Kier molecular flexibility index (Phi) is 4.30. The largest absolute Gasteiger partial charge is 1.00 e. The van der Waals surface area contributed by atoms with Gasteiger partial charge in [-0.25, -0.2) is 9.21 Å². The molecule has 1 amide bonds. The first-order chi connectivity index (χ1) is 6.14. The third-order valence-corrected chi connectivity index (χ3v) is 2.98. The Morgan fingerprint density at radius 2 is 1.93 bits per heavy atom. The molecule has 1 atom stereocenters. The first kappa shape index (κ1) is 14.8. The molecule has 0 aromatic heterocycles. The molecule has 4 nitrogen and oxygen atoms in total. The number of hydrogen-bond acceptors (Lipinski definition) is 2. The number of cyclic esters (lactones) is 1. The second-order valence-electron chi connectivity index (χ2n) is 5.28. The summed E-state index contributed by atoms with van der Waals surface area (Å²) < 4.78 is 7.09. The third kappa shape index (κ3) is 3.13. The predicted molar refractivity (Wildman–Crippen MR) is 54.9 cm³/mol. The fourth-order valence-electron chi connectivity index (χ4n) is 1.43. The van der Waals surface area contributed by atoms with Gasteiger partial charge in [-0.3, -0.25) is 0 Å². The summed E-state index contributed by atoms with van der Waals surface area (Å²) in [5.41, 5.74) is -0.440. The monoisotopic (exact) mass is 256 g/mol. The lowest BCUT2D eigenvalue weighted by molar-refractivity contribution is -0.873. The van der Waals surface area contributed by atoms with Crippen LogP contribution in [0, 0.1) is 0 Å². The van der Waals surface area contributed by atoms with E-state index in [1.165, 1.54) is 0 Å². The van der Waals surface area contributed by atoms with Crippen molar-refractivity contribution < 1.29 is 26.4 Å². The van der Waals surface area contributed by atoms with Crippen LogP contribution in [-0.4, -0.2) is 54.3 Å². The van der Waals surface area contributed by atoms with E-state index in [4.69, 9.17) is 16.5 Å². The lowest BCUT2D eigenvalue weighted by Crippen LogP contribution is -3.00. The van der Waals surface area contributed by atoms with Gasteiger partial charge in [-0.05, 0) is 13.8 Å². The minimum atomic E-state index is -0.449. The minimum absolute atomic E-state index is 0. The molecule has 1 heterocycles. The summed E-state index contributed by atoms with van der Waals surface area (Å²) in [6.45, 7) is 4.57. The van der Waals surface area contributed by atoms with Crippen molar-refractivity contribution in [1.29, 1.82) is 0 Å². The van der Waals surface area contributed by atoms with Crippen LogP contribution in [0.4, 0.5) is 4.79 Å². The summed E-state index contributed by atoms with van der Waals surface area (Å²) >= 11 is 5.83. The second kappa shape index (κ2) is 4.36. The fraction of sp³-hybridized carbons (Fsp3) is 0.889. The van der Waals surface area contributed by atoms with Crippen molar-refractivity contribution in [2.24, 2.45) is 0 Å². The highest BCUT2D eigenvalue weighted by atomic mass is 35.5. The molecule has 1 fully saturated rings. The van der Waals surface area contributed by atoms with E-state index in [-0.39, 0.29) is 18.5 Å². The number of ether oxygens (including phenoxy) is 1. The number of nitrogens with zero attached hydrogens (tertiary/aromatic N) is 2. The molecule has 90 valence electrons. The zero-order valence-electron chi connectivity index (χ0n) is 9.75. The summed E-state index contributed by atoms with van der Waals surface area (Å²) in [4.78, 5) is 11.3. The predicted octanol–water partition coefficient (Wildman–Crippen LogP) is -1.55. The molecule has 1 rings (SSSR count). The maximum absolute atomic E-state index is 11.3. The van der Waals surface area contributed by atoms with Gasteiger partial charge in [0.05, 0.1) is 21.1 Å². The number of likely N-dealkylation sites (N-methyl/N-ethyl adjacent to an activating group) is 1. The van der Waals surface area contributed by atoms with E-state index in [1.54, 1.807) is 0 Å². The van der Waals surface area contributed by atoms with Crippen LogP contribution in [0.3, 0.4) is 0 Å². The van der Waals surface area contributed by atoms with Gasteiger partial charge >= 0.3 is 6.09 Å². The van der Waals surface area contributed by atoms with Crippen molar-refractivity contribution in [3.63, 3.8) is 0 Å². The van der Waals surface area contributed by atoms with Gasteiger partial charge in [0.15, 0.2) is 6.10 Å². The number of carbonyl (C=O) groups excluding carboxylic acids is 1. The number of quaternary nitrogens is 1. The zero-order valence-corrected chi connectivity index (χ0v) is 11.3. The molecule has 0 N–H and O–H groups in total. The molecular weight excluding hydrogens is 239 g/mol. The summed E-state index contributed by atoms with van der Waals surface area (Å²) in [7, 11) is 6.17. The fourth-order valence-corrected chi connectivity index (χ4v) is 1.58. The van der Waals surface area contributed by atoms with Crippen molar-refractivity contribution in [3.8, 4) is 0 Å². The van der Waals surface area contributed by atoms with Gasteiger partial charge in [-0.1, -0.05) is 0 Å². The highest BCUT2D eigenvalue weighted by molar-refractivity contribution is 6.21. The Labute approximate surface area is 102 Å². The van der Waals surface area contributed by atoms with E-state index >= 15 is 0 Å². The number of halogens is 2. The maximum atomic E-state index is 11.3. The molecule has 6 heteroatoms. The average molecular weight is 257 g/mol. The molecule has 0 aromatic rings. The Bertz CT molecular complexity index is 251. The maximum Gasteiger partial charge on any atom is 0.425 e. The summed E-state index contributed by atoms with van der Waals surface area (Å²) in [5, 5.41) is 0. The number of amides is 1. The van der Waals surface area contributed by atoms with E-state index in [1.807, 2.05) is 13.8 Å². The van der Waals surface area contributed by atoms with Crippen LogP contribution in [0.15, 0.2) is 0 Å². The Morgan fingerprint density at radius 1 is 1.47 bits per heavy atom. The van der Waals surface area contributed by atoms with Crippen LogP contribution in [0.25, 0.3) is 0 Å². The normalized spacial score (nSPS) is 24.8. The number of rotatable bonds is 2. The smallest absolute Gasteiger partial charge is 0.425 e. The first-order valence-corrected chi connectivity index (χ1v) is 4.95. The molecule has 0 aromatic carbocycles. The molecular formula is C9H18Cl2N2O2. The number of hydrogen-bond donors (Lipinski definition) is 0. The Balaban J connectivity index is 0.00000196. The van der Waals surface area contributed by atoms with Crippen LogP contribution in [-0.2, 0) is 4.74 Å². The molecule has 0 bridgehead atoms. The summed E-state index contributed by atoms with van der Waals surface area (Å²) in [5.74, 6) is 0. The lowest BCUT2D eigenvalue weighted by Gasteiger charge is -2.32. The van der Waals surface area contributed by atoms with Gasteiger partial charge in [0.2, 0.25) is 0 Å². The highest BCUT2D eigenvalue weighted by Crippen LogP contribution is 2.32. The quantitative estimate of drug-likeness (QED) is 0.443. The number of carbonyl (C=O) groups is 1. The molecule has 1 saturated heterocycles. The molecule has 0 spiro atoms. The van der Waals surface area contributed by atoms with Crippen LogP contribution >= 0.6 is 11.8 Å². The standard InChI is InChI=1S/C9H18ClN2O2.ClH/c1-9(2)7(6-12(3,4)5)14-8(13)11(9)10;/h7H,6H2,1-5H3;1H/q+1;/p-1. The van der Waals surface area contributed by atoms with Crippen molar-refractivity contribution in [2.75, 3.05) is 27.7 Å². The van der Waals surface area contributed by atoms with Gasteiger partial charge < -0.3 is 21.6 Å². The van der Waals surface area contributed by atoms with Crippen LogP contribution in [0.1, 0.15) is 13.8 Å². The molecule has 0 aliphatic carbocycles. The van der Waals surface area contributed by atoms with Gasteiger partial charge in [-0.2, -0.15) is 0 Å². The zero-order chi connectivity index (χ0) is 11.1. The van der Waals surface area contributed by atoms with E-state index in [2.05, 4.69) is 21.1 Å². The van der Waals surface area contributed by atoms with E-state index in [0.29, 0.717) is 0 Å². The van der Waals surface area contributed by atoms with Crippen molar-refractivity contribution >= 4 is 17.9 Å². The van der Waals surface area contributed by atoms with Crippen molar-refractivity contribution in [2.45, 2.75) is 25.5 Å². The van der Waals surface area contributed by atoms with Gasteiger partial charge in [0.1, 0.15) is 12.1 Å². The third-order valence-electron chi connectivity index (χ3n) is 2.41.